The molecule has 2 aromatic carbocycles. The molecule has 1 fully saturated rings. The summed E-state index contributed by atoms with van der Waals surface area (Å²) in [5.74, 6) is -0.842. The Kier molecular flexibility index (Phi) is 6.45. The number of ether oxygens (including phenoxy) is 2. The summed E-state index contributed by atoms with van der Waals surface area (Å²) in [5.41, 5.74) is 0.637. The molecule has 0 bridgehead atoms. The zero-order valence-corrected chi connectivity index (χ0v) is 16.0. The van der Waals surface area contributed by atoms with Crippen molar-refractivity contribution >= 4 is 10.0 Å². The molecular formula is C19H19F4NO4S. The molecule has 158 valence electrons. The first kappa shape index (κ1) is 21.5. The standard InChI is InChI=1S/C19H19F4NO4S/c20-15-5-9-18(10-6-15)29(25,26)24-11-1-2-17(12-24)27-13-14-3-7-16(8-4-14)28-19(21,22)23/h3-10,17H,1-2,11-13H2. The van der Waals surface area contributed by atoms with Crippen molar-refractivity contribution in [2.45, 2.75) is 36.8 Å². The van der Waals surface area contributed by atoms with Gasteiger partial charge in [0.2, 0.25) is 10.0 Å². The number of benzene rings is 2. The van der Waals surface area contributed by atoms with Gasteiger partial charge in [-0.1, -0.05) is 12.1 Å². The molecule has 29 heavy (non-hydrogen) atoms. The van der Waals surface area contributed by atoms with Crippen LogP contribution in [0.2, 0.25) is 0 Å². The zero-order chi connectivity index (χ0) is 21.1. The number of nitrogens with zero attached hydrogens (tertiary/aromatic N) is 1. The third-order valence-corrected chi connectivity index (χ3v) is 6.31. The second-order valence-electron chi connectivity index (χ2n) is 6.58. The van der Waals surface area contributed by atoms with Crippen molar-refractivity contribution in [3.63, 3.8) is 0 Å². The van der Waals surface area contributed by atoms with E-state index in [4.69, 9.17) is 4.74 Å². The van der Waals surface area contributed by atoms with E-state index in [1.807, 2.05) is 0 Å². The summed E-state index contributed by atoms with van der Waals surface area (Å²) in [5, 5.41) is 0. The van der Waals surface area contributed by atoms with Gasteiger partial charge in [0.25, 0.3) is 0 Å². The Morgan fingerprint density at radius 1 is 1.03 bits per heavy atom. The van der Waals surface area contributed by atoms with Crippen LogP contribution in [0.25, 0.3) is 0 Å². The van der Waals surface area contributed by atoms with Crippen molar-refractivity contribution in [1.29, 1.82) is 0 Å². The molecule has 0 aliphatic carbocycles. The van der Waals surface area contributed by atoms with Gasteiger partial charge in [-0.25, -0.2) is 12.8 Å². The summed E-state index contributed by atoms with van der Waals surface area (Å²) in [6, 6.07) is 9.93. The summed E-state index contributed by atoms with van der Waals surface area (Å²) in [6.07, 6.45) is -3.85. The first-order valence-corrected chi connectivity index (χ1v) is 10.3. The maximum atomic E-state index is 13.1. The molecule has 1 aliphatic rings. The molecule has 3 rings (SSSR count). The SMILES string of the molecule is O=S(=O)(c1ccc(F)cc1)N1CCCC(OCc2ccc(OC(F)(F)F)cc2)C1. The van der Waals surface area contributed by atoms with Gasteiger partial charge in [-0.3, -0.25) is 0 Å². The third-order valence-electron chi connectivity index (χ3n) is 4.43. The lowest BCUT2D eigenvalue weighted by molar-refractivity contribution is -0.274. The van der Waals surface area contributed by atoms with Crippen LogP contribution in [0, 0.1) is 5.82 Å². The number of halogens is 4. The van der Waals surface area contributed by atoms with E-state index in [1.54, 1.807) is 0 Å². The van der Waals surface area contributed by atoms with Crippen molar-refractivity contribution in [2.75, 3.05) is 13.1 Å². The van der Waals surface area contributed by atoms with E-state index in [9.17, 15) is 26.0 Å². The van der Waals surface area contributed by atoms with E-state index in [2.05, 4.69) is 4.74 Å². The van der Waals surface area contributed by atoms with Crippen LogP contribution in [0.5, 0.6) is 5.75 Å². The van der Waals surface area contributed by atoms with Crippen LogP contribution in [0.3, 0.4) is 0 Å². The molecule has 1 heterocycles. The van der Waals surface area contributed by atoms with E-state index < -0.39 is 22.2 Å². The van der Waals surface area contributed by atoms with Crippen molar-refractivity contribution in [2.24, 2.45) is 0 Å². The molecule has 1 saturated heterocycles. The number of alkyl halides is 3. The van der Waals surface area contributed by atoms with Gasteiger partial charge < -0.3 is 9.47 Å². The molecule has 5 nitrogen and oxygen atoms in total. The lowest BCUT2D eigenvalue weighted by Crippen LogP contribution is -2.43. The van der Waals surface area contributed by atoms with Gasteiger partial charge in [-0.05, 0) is 54.8 Å². The van der Waals surface area contributed by atoms with Gasteiger partial charge >= 0.3 is 6.36 Å². The summed E-state index contributed by atoms with van der Waals surface area (Å²) >= 11 is 0. The fourth-order valence-electron chi connectivity index (χ4n) is 3.02. The Hall–Kier alpha value is -2.17. The largest absolute Gasteiger partial charge is 0.573 e. The number of rotatable bonds is 6. The second kappa shape index (κ2) is 8.68. The Balaban J connectivity index is 1.58. The van der Waals surface area contributed by atoms with E-state index in [0.717, 1.165) is 12.1 Å². The molecule has 2 aromatic rings. The quantitative estimate of drug-likeness (QED) is 0.644. The fraction of sp³-hybridized carbons (Fsp3) is 0.368. The Morgan fingerprint density at radius 3 is 2.31 bits per heavy atom. The molecule has 0 saturated carbocycles. The van der Waals surface area contributed by atoms with E-state index >= 15 is 0 Å². The summed E-state index contributed by atoms with van der Waals surface area (Å²) in [4.78, 5) is 0.0137. The monoisotopic (exact) mass is 433 g/mol. The lowest BCUT2D eigenvalue weighted by Gasteiger charge is -2.32. The number of piperidine rings is 1. The van der Waals surface area contributed by atoms with E-state index in [1.165, 1.54) is 40.7 Å². The highest BCUT2D eigenvalue weighted by atomic mass is 32.2. The van der Waals surface area contributed by atoms with Gasteiger partial charge in [-0.15, -0.1) is 13.2 Å². The predicted octanol–water partition coefficient (Wildman–Crippen LogP) is 4.09. The molecular weight excluding hydrogens is 414 g/mol. The Morgan fingerprint density at radius 2 is 1.69 bits per heavy atom. The maximum absolute atomic E-state index is 13.1. The maximum Gasteiger partial charge on any atom is 0.573 e. The molecule has 0 spiro atoms. The average molecular weight is 433 g/mol. The van der Waals surface area contributed by atoms with Crippen molar-refractivity contribution < 1.29 is 35.5 Å². The van der Waals surface area contributed by atoms with Gasteiger partial charge in [0, 0.05) is 13.1 Å². The molecule has 0 amide bonds. The number of sulfonamides is 1. The minimum Gasteiger partial charge on any atom is -0.406 e. The molecule has 0 N–H and O–H groups in total. The molecule has 1 atom stereocenters. The third kappa shape index (κ3) is 5.91. The first-order chi connectivity index (χ1) is 13.6. The molecule has 10 heteroatoms. The molecule has 1 aliphatic heterocycles. The van der Waals surface area contributed by atoms with Gasteiger partial charge in [0.15, 0.2) is 0 Å². The van der Waals surface area contributed by atoms with Gasteiger partial charge in [0.05, 0.1) is 17.6 Å². The van der Waals surface area contributed by atoms with Crippen LogP contribution >= 0.6 is 0 Å². The van der Waals surface area contributed by atoms with Crippen molar-refractivity contribution in [3.8, 4) is 5.75 Å². The average Bonchev–Trinajstić information content (AvgIpc) is 2.67. The normalized spacial score (nSPS) is 18.6. The molecule has 0 aromatic heterocycles. The summed E-state index contributed by atoms with van der Waals surface area (Å²) in [6.45, 7) is 0.611. The van der Waals surface area contributed by atoms with Gasteiger partial charge in [-0.2, -0.15) is 4.31 Å². The Bertz CT molecular complexity index is 915. The van der Waals surface area contributed by atoms with Crippen molar-refractivity contribution in [1.82, 2.24) is 4.31 Å². The van der Waals surface area contributed by atoms with Crippen LogP contribution in [-0.4, -0.2) is 38.3 Å². The minimum absolute atomic E-state index is 0.0137. The zero-order valence-electron chi connectivity index (χ0n) is 15.2. The first-order valence-electron chi connectivity index (χ1n) is 8.85. The molecule has 1 unspecified atom stereocenters. The highest BCUT2D eigenvalue weighted by Gasteiger charge is 2.32. The minimum atomic E-state index is -4.75. The predicted molar refractivity (Wildman–Crippen MR) is 96.1 cm³/mol. The van der Waals surface area contributed by atoms with Crippen LogP contribution in [0.15, 0.2) is 53.4 Å². The van der Waals surface area contributed by atoms with Crippen LogP contribution < -0.4 is 4.74 Å². The summed E-state index contributed by atoms with van der Waals surface area (Å²) in [7, 11) is -3.75. The smallest absolute Gasteiger partial charge is 0.406 e. The highest BCUT2D eigenvalue weighted by molar-refractivity contribution is 7.89. The van der Waals surface area contributed by atoms with Crippen molar-refractivity contribution in [3.05, 3.63) is 59.9 Å². The van der Waals surface area contributed by atoms with E-state index in [-0.39, 0.29) is 29.9 Å². The highest BCUT2D eigenvalue weighted by Crippen LogP contribution is 2.25. The van der Waals surface area contributed by atoms with E-state index in [0.29, 0.717) is 24.9 Å². The van der Waals surface area contributed by atoms with Crippen LogP contribution in [-0.2, 0) is 21.4 Å². The number of hydrogen-bond donors (Lipinski definition) is 0. The lowest BCUT2D eigenvalue weighted by atomic mass is 10.1. The second-order valence-corrected chi connectivity index (χ2v) is 8.52. The van der Waals surface area contributed by atoms with Crippen LogP contribution in [0.1, 0.15) is 18.4 Å². The topological polar surface area (TPSA) is 55.8 Å². The fourth-order valence-corrected chi connectivity index (χ4v) is 4.53. The summed E-state index contributed by atoms with van der Waals surface area (Å²) < 4.78 is 85.9. The van der Waals surface area contributed by atoms with Crippen LogP contribution in [0.4, 0.5) is 17.6 Å². The molecule has 0 radical (unpaired) electrons. The number of hydrogen-bond acceptors (Lipinski definition) is 4. The van der Waals surface area contributed by atoms with Gasteiger partial charge in [0.1, 0.15) is 11.6 Å². The Labute approximate surface area is 165 Å².